The van der Waals surface area contributed by atoms with Crippen LogP contribution in [0.1, 0.15) is 12.5 Å². The Kier molecular flexibility index (Phi) is 3.84. The lowest BCUT2D eigenvalue weighted by Crippen LogP contribution is -2.39. The van der Waals surface area contributed by atoms with Gasteiger partial charge >= 0.3 is 0 Å². The number of fused-ring (bicyclic) bond motifs is 1. The minimum absolute atomic E-state index is 0.0278. The molecule has 3 rings (SSSR count). The number of carbonyl (C=O) groups excluding carboxylic acids is 1. The van der Waals surface area contributed by atoms with Crippen molar-refractivity contribution in [3.8, 4) is 5.75 Å². The molecule has 1 heterocycles. The smallest absolute Gasteiger partial charge is 0.267 e. The van der Waals surface area contributed by atoms with Gasteiger partial charge in [-0.05, 0) is 43.2 Å². The Bertz CT molecular complexity index is 671. The first-order chi connectivity index (χ1) is 10.1. The highest BCUT2D eigenvalue weighted by Crippen LogP contribution is 2.28. The van der Waals surface area contributed by atoms with E-state index in [4.69, 9.17) is 16.3 Å². The van der Waals surface area contributed by atoms with Crippen LogP contribution in [0.4, 0.5) is 5.69 Å². The van der Waals surface area contributed by atoms with Crippen molar-refractivity contribution in [1.82, 2.24) is 0 Å². The largest absolute Gasteiger partial charge is 0.481 e. The average Bonchev–Trinajstić information content (AvgIpc) is 2.90. The maximum atomic E-state index is 12.6. The second kappa shape index (κ2) is 5.78. The third kappa shape index (κ3) is 2.88. The van der Waals surface area contributed by atoms with Gasteiger partial charge in [0.2, 0.25) is 0 Å². The summed E-state index contributed by atoms with van der Waals surface area (Å²) in [5.41, 5.74) is 2.20. The molecule has 1 aliphatic rings. The van der Waals surface area contributed by atoms with Gasteiger partial charge in [0, 0.05) is 17.3 Å². The van der Waals surface area contributed by atoms with Crippen LogP contribution in [0.25, 0.3) is 0 Å². The Balaban J connectivity index is 1.74. The highest BCUT2D eigenvalue weighted by Gasteiger charge is 2.28. The lowest BCUT2D eigenvalue weighted by molar-refractivity contribution is -0.124. The van der Waals surface area contributed by atoms with Crippen molar-refractivity contribution < 1.29 is 9.53 Å². The van der Waals surface area contributed by atoms with Crippen molar-refractivity contribution in [2.75, 3.05) is 11.4 Å². The average molecular weight is 302 g/mol. The highest BCUT2D eigenvalue weighted by molar-refractivity contribution is 6.30. The molecule has 0 aromatic heterocycles. The standard InChI is InChI=1S/C17H16ClNO2/c1-12(21-15-7-4-6-14(18)11-15)17(20)19-10-9-13-5-2-3-8-16(13)19/h2-8,11-12H,9-10H2,1H3/t12-/m1/s1. The molecule has 1 aliphatic heterocycles. The highest BCUT2D eigenvalue weighted by atomic mass is 35.5. The molecule has 0 N–H and O–H groups in total. The maximum absolute atomic E-state index is 12.6. The molecule has 0 unspecified atom stereocenters. The molecule has 21 heavy (non-hydrogen) atoms. The van der Waals surface area contributed by atoms with Crippen LogP contribution >= 0.6 is 11.6 Å². The zero-order valence-corrected chi connectivity index (χ0v) is 12.5. The minimum Gasteiger partial charge on any atom is -0.481 e. The summed E-state index contributed by atoms with van der Waals surface area (Å²) in [6, 6.07) is 15.1. The van der Waals surface area contributed by atoms with Crippen LogP contribution in [-0.2, 0) is 11.2 Å². The monoisotopic (exact) mass is 301 g/mol. The van der Waals surface area contributed by atoms with E-state index in [9.17, 15) is 4.79 Å². The van der Waals surface area contributed by atoms with E-state index in [0.29, 0.717) is 17.3 Å². The second-order valence-corrected chi connectivity index (χ2v) is 5.52. The molecule has 108 valence electrons. The fraction of sp³-hybridized carbons (Fsp3) is 0.235. The van der Waals surface area contributed by atoms with Crippen molar-refractivity contribution in [3.05, 3.63) is 59.1 Å². The van der Waals surface area contributed by atoms with Gasteiger partial charge in [0.05, 0.1) is 0 Å². The van der Waals surface area contributed by atoms with Crippen molar-refractivity contribution in [2.45, 2.75) is 19.4 Å². The molecule has 0 saturated carbocycles. The molecule has 0 radical (unpaired) electrons. The normalized spacial score (nSPS) is 14.7. The van der Waals surface area contributed by atoms with E-state index in [1.165, 1.54) is 5.56 Å². The fourth-order valence-corrected chi connectivity index (χ4v) is 2.76. The number of rotatable bonds is 3. The Hall–Kier alpha value is -2.00. The summed E-state index contributed by atoms with van der Waals surface area (Å²) in [5.74, 6) is 0.579. The third-order valence-corrected chi connectivity index (χ3v) is 3.84. The quantitative estimate of drug-likeness (QED) is 0.865. The van der Waals surface area contributed by atoms with E-state index in [1.54, 1.807) is 36.1 Å². The minimum atomic E-state index is -0.547. The molecule has 2 aromatic rings. The molecule has 0 aliphatic carbocycles. The number of nitrogens with zero attached hydrogens (tertiary/aromatic N) is 1. The van der Waals surface area contributed by atoms with E-state index in [2.05, 4.69) is 6.07 Å². The molecule has 3 nitrogen and oxygen atoms in total. The Morgan fingerprint density at radius 2 is 2.05 bits per heavy atom. The SMILES string of the molecule is C[C@@H](Oc1cccc(Cl)c1)C(=O)N1CCc2ccccc21. The number of para-hydroxylation sites is 1. The van der Waals surface area contributed by atoms with Crippen molar-refractivity contribution in [2.24, 2.45) is 0 Å². The Labute approximate surface area is 129 Å². The molecule has 0 fully saturated rings. The van der Waals surface area contributed by atoms with Gasteiger partial charge in [-0.15, -0.1) is 0 Å². The summed E-state index contributed by atoms with van der Waals surface area (Å²) < 4.78 is 5.71. The van der Waals surface area contributed by atoms with E-state index in [0.717, 1.165) is 12.1 Å². The summed E-state index contributed by atoms with van der Waals surface area (Å²) >= 11 is 5.93. The number of ether oxygens (including phenoxy) is 1. The summed E-state index contributed by atoms with van der Waals surface area (Å²) in [4.78, 5) is 14.4. The molecular formula is C17H16ClNO2. The molecule has 0 spiro atoms. The number of carbonyl (C=O) groups is 1. The summed E-state index contributed by atoms with van der Waals surface area (Å²) in [6.45, 7) is 2.48. The number of hydrogen-bond acceptors (Lipinski definition) is 2. The number of halogens is 1. The van der Waals surface area contributed by atoms with Crippen LogP contribution in [0.15, 0.2) is 48.5 Å². The van der Waals surface area contributed by atoms with Crippen LogP contribution in [0.3, 0.4) is 0 Å². The van der Waals surface area contributed by atoms with Gasteiger partial charge in [0.15, 0.2) is 6.10 Å². The van der Waals surface area contributed by atoms with Crippen LogP contribution in [0, 0.1) is 0 Å². The Morgan fingerprint density at radius 3 is 2.86 bits per heavy atom. The lowest BCUT2D eigenvalue weighted by atomic mass is 10.2. The van der Waals surface area contributed by atoms with Crippen LogP contribution in [0.5, 0.6) is 5.75 Å². The lowest BCUT2D eigenvalue weighted by Gasteiger charge is -2.22. The zero-order valence-electron chi connectivity index (χ0n) is 11.8. The molecule has 1 amide bonds. The van der Waals surface area contributed by atoms with Gasteiger partial charge in [-0.2, -0.15) is 0 Å². The first-order valence-electron chi connectivity index (χ1n) is 6.96. The van der Waals surface area contributed by atoms with Crippen molar-refractivity contribution in [3.63, 3.8) is 0 Å². The number of benzene rings is 2. The fourth-order valence-electron chi connectivity index (χ4n) is 2.58. The predicted octanol–water partition coefficient (Wildman–Crippen LogP) is 3.70. The van der Waals surface area contributed by atoms with Crippen molar-refractivity contribution >= 4 is 23.2 Å². The van der Waals surface area contributed by atoms with Gasteiger partial charge < -0.3 is 9.64 Å². The van der Waals surface area contributed by atoms with Crippen LogP contribution in [-0.4, -0.2) is 18.6 Å². The zero-order chi connectivity index (χ0) is 14.8. The van der Waals surface area contributed by atoms with Gasteiger partial charge in [0.25, 0.3) is 5.91 Å². The second-order valence-electron chi connectivity index (χ2n) is 5.09. The van der Waals surface area contributed by atoms with E-state index < -0.39 is 6.10 Å². The molecular weight excluding hydrogens is 286 g/mol. The van der Waals surface area contributed by atoms with E-state index in [1.807, 2.05) is 18.2 Å². The van der Waals surface area contributed by atoms with Crippen LogP contribution < -0.4 is 9.64 Å². The molecule has 4 heteroatoms. The summed E-state index contributed by atoms with van der Waals surface area (Å²) in [5, 5.41) is 0.596. The van der Waals surface area contributed by atoms with Crippen molar-refractivity contribution in [1.29, 1.82) is 0 Å². The maximum Gasteiger partial charge on any atom is 0.267 e. The third-order valence-electron chi connectivity index (χ3n) is 3.61. The van der Waals surface area contributed by atoms with Gasteiger partial charge in [-0.3, -0.25) is 4.79 Å². The topological polar surface area (TPSA) is 29.5 Å². The van der Waals surface area contributed by atoms with E-state index in [-0.39, 0.29) is 5.91 Å². The number of amides is 1. The van der Waals surface area contributed by atoms with Crippen LogP contribution in [0.2, 0.25) is 5.02 Å². The van der Waals surface area contributed by atoms with E-state index >= 15 is 0 Å². The number of anilines is 1. The molecule has 2 aromatic carbocycles. The molecule has 1 atom stereocenters. The van der Waals surface area contributed by atoms with Gasteiger partial charge in [-0.25, -0.2) is 0 Å². The van der Waals surface area contributed by atoms with Gasteiger partial charge in [0.1, 0.15) is 5.75 Å². The Morgan fingerprint density at radius 1 is 1.24 bits per heavy atom. The first kappa shape index (κ1) is 14.0. The number of hydrogen-bond donors (Lipinski definition) is 0. The predicted molar refractivity (Wildman–Crippen MR) is 84.0 cm³/mol. The molecule has 0 saturated heterocycles. The summed E-state index contributed by atoms with van der Waals surface area (Å²) in [7, 11) is 0. The summed E-state index contributed by atoms with van der Waals surface area (Å²) in [6.07, 6.45) is 0.348. The molecule has 0 bridgehead atoms. The first-order valence-corrected chi connectivity index (χ1v) is 7.34. The van der Waals surface area contributed by atoms with Gasteiger partial charge in [-0.1, -0.05) is 35.9 Å².